The zero-order valence-electron chi connectivity index (χ0n) is 11.9. The Balaban J connectivity index is 2.00. The Morgan fingerprint density at radius 2 is 1.95 bits per heavy atom. The molecule has 2 nitrogen and oxygen atoms in total. The number of carbonyl (C=O) groups excluding carboxylic acids is 1. The summed E-state index contributed by atoms with van der Waals surface area (Å²) in [5.74, 6) is -0.693. The number of hydrogen-bond donors (Lipinski definition) is 1. The minimum atomic E-state index is -0.406. The Hall–Kier alpha value is -1.38. The van der Waals surface area contributed by atoms with E-state index in [1.54, 1.807) is 25.1 Å². The molecule has 0 bridgehead atoms. The second kappa shape index (κ2) is 5.32. The normalized spacial score (nSPS) is 19.2. The molecule has 0 aromatic heterocycles. The number of rotatable bonds is 2. The molecule has 1 fully saturated rings. The smallest absolute Gasteiger partial charge is 0.254 e. The molecule has 1 saturated carbocycles. The van der Waals surface area contributed by atoms with Crippen LogP contribution in [0.4, 0.5) is 4.39 Å². The summed E-state index contributed by atoms with van der Waals surface area (Å²) in [6.45, 7) is 6.19. The van der Waals surface area contributed by atoms with E-state index in [0.717, 1.165) is 25.7 Å². The molecule has 0 unspecified atom stereocenters. The van der Waals surface area contributed by atoms with E-state index in [4.69, 9.17) is 0 Å². The molecular formula is C16H22FNO. The van der Waals surface area contributed by atoms with E-state index in [-0.39, 0.29) is 17.5 Å². The van der Waals surface area contributed by atoms with Crippen molar-refractivity contribution >= 4 is 5.91 Å². The first-order valence-electron chi connectivity index (χ1n) is 6.95. The van der Waals surface area contributed by atoms with Crippen molar-refractivity contribution in [1.29, 1.82) is 0 Å². The number of nitrogens with one attached hydrogen (secondary N) is 1. The second-order valence-electron chi connectivity index (χ2n) is 6.35. The van der Waals surface area contributed by atoms with Crippen molar-refractivity contribution in [3.63, 3.8) is 0 Å². The maximum Gasteiger partial charge on any atom is 0.254 e. The van der Waals surface area contributed by atoms with Crippen LogP contribution in [-0.2, 0) is 0 Å². The van der Waals surface area contributed by atoms with Gasteiger partial charge in [0.15, 0.2) is 0 Å². The number of aryl methyl sites for hydroxylation is 1. The van der Waals surface area contributed by atoms with Gasteiger partial charge < -0.3 is 5.32 Å². The first kappa shape index (κ1) is 14.0. The van der Waals surface area contributed by atoms with Crippen LogP contribution in [0.3, 0.4) is 0 Å². The molecule has 1 N–H and O–H groups in total. The van der Waals surface area contributed by atoms with Crippen LogP contribution in [0.25, 0.3) is 0 Å². The summed E-state index contributed by atoms with van der Waals surface area (Å²) in [6, 6.07) is 5.12. The fourth-order valence-electron chi connectivity index (χ4n) is 2.63. The van der Waals surface area contributed by atoms with Gasteiger partial charge >= 0.3 is 0 Å². The number of amides is 1. The molecule has 0 atom stereocenters. The van der Waals surface area contributed by atoms with Crippen LogP contribution in [0.5, 0.6) is 0 Å². The fraction of sp³-hybridized carbons (Fsp3) is 0.562. The molecule has 0 spiro atoms. The molecule has 0 aliphatic heterocycles. The van der Waals surface area contributed by atoms with Gasteiger partial charge in [-0.15, -0.1) is 0 Å². The largest absolute Gasteiger partial charge is 0.349 e. The van der Waals surface area contributed by atoms with Crippen molar-refractivity contribution in [2.24, 2.45) is 5.41 Å². The van der Waals surface area contributed by atoms with Gasteiger partial charge in [-0.25, -0.2) is 4.39 Å². The molecule has 0 saturated heterocycles. The molecule has 3 heteroatoms. The monoisotopic (exact) mass is 263 g/mol. The Morgan fingerprint density at radius 1 is 1.32 bits per heavy atom. The summed E-state index contributed by atoms with van der Waals surface area (Å²) < 4.78 is 13.9. The average Bonchev–Trinajstić information content (AvgIpc) is 2.35. The summed E-state index contributed by atoms with van der Waals surface area (Å²) in [6.07, 6.45) is 4.17. The van der Waals surface area contributed by atoms with Crippen molar-refractivity contribution < 1.29 is 9.18 Å². The van der Waals surface area contributed by atoms with Crippen LogP contribution in [0.1, 0.15) is 55.5 Å². The lowest BCUT2D eigenvalue weighted by atomic mass is 9.75. The maximum absolute atomic E-state index is 13.9. The Bertz CT molecular complexity index is 472. The number of halogens is 1. The molecule has 1 aromatic carbocycles. The number of hydrogen-bond acceptors (Lipinski definition) is 1. The van der Waals surface area contributed by atoms with E-state index in [1.165, 1.54) is 0 Å². The van der Waals surface area contributed by atoms with E-state index < -0.39 is 5.82 Å². The van der Waals surface area contributed by atoms with Crippen LogP contribution in [0.2, 0.25) is 0 Å². The van der Waals surface area contributed by atoms with Gasteiger partial charge in [0.05, 0.1) is 5.56 Å². The van der Waals surface area contributed by atoms with Crippen molar-refractivity contribution in [1.82, 2.24) is 5.32 Å². The number of benzene rings is 1. The lowest BCUT2D eigenvalue weighted by Gasteiger charge is -2.34. The lowest BCUT2D eigenvalue weighted by Crippen LogP contribution is -2.39. The highest BCUT2D eigenvalue weighted by Gasteiger charge is 2.28. The van der Waals surface area contributed by atoms with Gasteiger partial charge in [-0.3, -0.25) is 4.79 Å². The predicted octanol–water partition coefficient (Wildman–Crippen LogP) is 3.83. The molecule has 104 valence electrons. The predicted molar refractivity (Wildman–Crippen MR) is 74.6 cm³/mol. The van der Waals surface area contributed by atoms with Gasteiger partial charge in [0, 0.05) is 6.04 Å². The van der Waals surface area contributed by atoms with Gasteiger partial charge in [-0.1, -0.05) is 26.0 Å². The summed E-state index contributed by atoms with van der Waals surface area (Å²) in [5.41, 5.74) is 1.04. The van der Waals surface area contributed by atoms with Gasteiger partial charge in [0.2, 0.25) is 0 Å². The third-order valence-electron chi connectivity index (χ3n) is 4.11. The first-order chi connectivity index (χ1) is 8.89. The van der Waals surface area contributed by atoms with Crippen LogP contribution in [0.15, 0.2) is 18.2 Å². The van der Waals surface area contributed by atoms with Gasteiger partial charge in [-0.2, -0.15) is 0 Å². The van der Waals surface area contributed by atoms with E-state index in [9.17, 15) is 9.18 Å². The third-order valence-corrected chi connectivity index (χ3v) is 4.11. The zero-order chi connectivity index (χ0) is 14.0. The third kappa shape index (κ3) is 3.34. The van der Waals surface area contributed by atoms with Crippen LogP contribution in [-0.4, -0.2) is 11.9 Å². The average molecular weight is 263 g/mol. The maximum atomic E-state index is 13.9. The zero-order valence-corrected chi connectivity index (χ0v) is 11.9. The minimum absolute atomic E-state index is 0.157. The second-order valence-corrected chi connectivity index (χ2v) is 6.35. The highest BCUT2D eigenvalue weighted by atomic mass is 19.1. The molecular weight excluding hydrogens is 241 g/mol. The van der Waals surface area contributed by atoms with Crippen molar-refractivity contribution in [3.05, 3.63) is 35.1 Å². The van der Waals surface area contributed by atoms with E-state index in [2.05, 4.69) is 19.2 Å². The van der Waals surface area contributed by atoms with Gasteiger partial charge in [0.25, 0.3) is 5.91 Å². The van der Waals surface area contributed by atoms with Crippen LogP contribution < -0.4 is 5.32 Å². The SMILES string of the molecule is Cc1cccc(C(=O)NC2CCC(C)(C)CC2)c1F. The summed E-state index contributed by atoms with van der Waals surface area (Å²) in [4.78, 5) is 12.1. The summed E-state index contributed by atoms with van der Waals surface area (Å²) in [5, 5.41) is 2.96. The molecule has 1 amide bonds. The number of carbonyl (C=O) groups is 1. The van der Waals surface area contributed by atoms with E-state index in [0.29, 0.717) is 11.0 Å². The molecule has 0 heterocycles. The Kier molecular flexibility index (Phi) is 3.93. The highest BCUT2D eigenvalue weighted by Crippen LogP contribution is 2.35. The molecule has 19 heavy (non-hydrogen) atoms. The Morgan fingerprint density at radius 3 is 2.58 bits per heavy atom. The van der Waals surface area contributed by atoms with Crippen molar-refractivity contribution in [2.75, 3.05) is 0 Å². The fourth-order valence-corrected chi connectivity index (χ4v) is 2.63. The quantitative estimate of drug-likeness (QED) is 0.863. The molecule has 0 radical (unpaired) electrons. The topological polar surface area (TPSA) is 29.1 Å². The lowest BCUT2D eigenvalue weighted by molar-refractivity contribution is 0.0905. The molecule has 2 rings (SSSR count). The molecule has 1 aliphatic carbocycles. The van der Waals surface area contributed by atoms with Crippen LogP contribution >= 0.6 is 0 Å². The van der Waals surface area contributed by atoms with E-state index in [1.807, 2.05) is 0 Å². The van der Waals surface area contributed by atoms with E-state index >= 15 is 0 Å². The van der Waals surface area contributed by atoms with Crippen molar-refractivity contribution in [3.8, 4) is 0 Å². The summed E-state index contributed by atoms with van der Waals surface area (Å²) >= 11 is 0. The van der Waals surface area contributed by atoms with Gasteiger partial charge in [0.1, 0.15) is 5.82 Å². The van der Waals surface area contributed by atoms with Gasteiger partial charge in [-0.05, 0) is 49.7 Å². The standard InChI is InChI=1S/C16H22FNO/c1-11-5-4-6-13(14(11)17)15(19)18-12-7-9-16(2,3)10-8-12/h4-6,12H,7-10H2,1-3H3,(H,18,19). The highest BCUT2D eigenvalue weighted by molar-refractivity contribution is 5.94. The molecule has 1 aliphatic rings. The Labute approximate surface area is 114 Å². The summed E-state index contributed by atoms with van der Waals surface area (Å²) in [7, 11) is 0. The minimum Gasteiger partial charge on any atom is -0.349 e. The first-order valence-corrected chi connectivity index (χ1v) is 6.95. The molecule has 1 aromatic rings. The van der Waals surface area contributed by atoms with Crippen LogP contribution in [0, 0.1) is 18.2 Å². The van der Waals surface area contributed by atoms with Crippen molar-refractivity contribution in [2.45, 2.75) is 52.5 Å².